The van der Waals surface area contributed by atoms with Gasteiger partial charge < -0.3 is 10.2 Å². The molecule has 7 nitrogen and oxygen atoms in total. The summed E-state index contributed by atoms with van der Waals surface area (Å²) in [5.74, 6) is -1.45. The van der Waals surface area contributed by atoms with Crippen molar-refractivity contribution in [2.45, 2.75) is 58.1 Å². The molecule has 0 aromatic heterocycles. The van der Waals surface area contributed by atoms with E-state index in [2.05, 4.69) is 5.32 Å². The summed E-state index contributed by atoms with van der Waals surface area (Å²) in [6.45, 7) is 8.54. The van der Waals surface area contributed by atoms with Crippen LogP contribution in [0, 0.1) is 19.7 Å². The van der Waals surface area contributed by atoms with Crippen molar-refractivity contribution >= 4 is 27.5 Å². The van der Waals surface area contributed by atoms with Crippen LogP contribution in [0.3, 0.4) is 0 Å². The molecular weight excluding hydrogens is 505 g/mol. The Kier molecular flexibility index (Phi) is 9.27. The number of nitrogens with zero attached hydrogens (tertiary/aromatic N) is 2. The summed E-state index contributed by atoms with van der Waals surface area (Å²) in [7, 11) is -4.20. The number of amides is 2. The van der Waals surface area contributed by atoms with Gasteiger partial charge in [-0.3, -0.25) is 13.9 Å². The molecule has 38 heavy (non-hydrogen) atoms. The van der Waals surface area contributed by atoms with Crippen molar-refractivity contribution < 1.29 is 22.4 Å². The van der Waals surface area contributed by atoms with Gasteiger partial charge in [-0.2, -0.15) is 0 Å². The maximum Gasteiger partial charge on any atom is 0.264 e. The molecule has 3 aromatic rings. The first-order valence-electron chi connectivity index (χ1n) is 12.4. The van der Waals surface area contributed by atoms with E-state index in [1.807, 2.05) is 52.0 Å². The van der Waals surface area contributed by atoms with E-state index in [0.717, 1.165) is 33.1 Å². The lowest BCUT2D eigenvalue weighted by atomic mass is 10.1. The number of sulfonamides is 1. The number of halogens is 1. The maximum absolute atomic E-state index is 13.8. The Morgan fingerprint density at radius 3 is 2.08 bits per heavy atom. The van der Waals surface area contributed by atoms with E-state index in [1.165, 1.54) is 29.2 Å². The van der Waals surface area contributed by atoms with Gasteiger partial charge in [-0.1, -0.05) is 42.0 Å². The zero-order valence-electron chi connectivity index (χ0n) is 22.3. The topological polar surface area (TPSA) is 86.8 Å². The first-order chi connectivity index (χ1) is 17.9. The summed E-state index contributed by atoms with van der Waals surface area (Å²) in [4.78, 5) is 28.2. The first-order valence-corrected chi connectivity index (χ1v) is 13.8. The van der Waals surface area contributed by atoms with Crippen molar-refractivity contribution in [3.63, 3.8) is 0 Å². The second kappa shape index (κ2) is 12.2. The molecule has 0 fully saturated rings. The van der Waals surface area contributed by atoms with Gasteiger partial charge in [-0.15, -0.1) is 0 Å². The number of hydrogen-bond donors (Lipinski definition) is 1. The quantitative estimate of drug-likeness (QED) is 0.409. The predicted octanol–water partition coefficient (Wildman–Crippen LogP) is 4.58. The molecular formula is C29H34FN3O4S. The molecule has 1 N–H and O–H groups in total. The van der Waals surface area contributed by atoms with Gasteiger partial charge in [0.05, 0.1) is 10.6 Å². The highest BCUT2D eigenvalue weighted by molar-refractivity contribution is 7.92. The summed E-state index contributed by atoms with van der Waals surface area (Å²) in [5.41, 5.74) is 2.78. The zero-order valence-corrected chi connectivity index (χ0v) is 23.1. The van der Waals surface area contributed by atoms with E-state index in [4.69, 9.17) is 0 Å². The summed E-state index contributed by atoms with van der Waals surface area (Å²) in [5, 5.41) is 2.82. The fourth-order valence-electron chi connectivity index (χ4n) is 3.93. The van der Waals surface area contributed by atoms with Crippen LogP contribution < -0.4 is 9.62 Å². The number of hydrogen-bond acceptors (Lipinski definition) is 4. The minimum atomic E-state index is -4.20. The second-order valence-electron chi connectivity index (χ2n) is 9.59. The average molecular weight is 540 g/mol. The summed E-state index contributed by atoms with van der Waals surface area (Å²) in [6.07, 6.45) is 0. The minimum absolute atomic E-state index is 0.00345. The number of rotatable bonds is 10. The highest BCUT2D eigenvalue weighted by atomic mass is 32.2. The molecule has 0 heterocycles. The number of nitrogens with one attached hydrogen (secondary N) is 1. The van der Waals surface area contributed by atoms with Crippen LogP contribution in [0.5, 0.6) is 0 Å². The number of carbonyl (C=O) groups is 2. The van der Waals surface area contributed by atoms with E-state index in [0.29, 0.717) is 0 Å². The number of aryl methyl sites for hydroxylation is 2. The van der Waals surface area contributed by atoms with Crippen LogP contribution in [0.1, 0.15) is 37.5 Å². The smallest absolute Gasteiger partial charge is 0.264 e. The lowest BCUT2D eigenvalue weighted by molar-refractivity contribution is -0.139. The van der Waals surface area contributed by atoms with E-state index >= 15 is 0 Å². The van der Waals surface area contributed by atoms with Gasteiger partial charge in [-0.05, 0) is 82.1 Å². The highest BCUT2D eigenvalue weighted by Crippen LogP contribution is 2.25. The molecule has 1 atom stereocenters. The largest absolute Gasteiger partial charge is 0.352 e. The molecule has 0 radical (unpaired) electrons. The van der Waals surface area contributed by atoms with Crippen LogP contribution in [0.15, 0.2) is 77.7 Å². The Labute approximate surface area is 224 Å². The fraction of sp³-hybridized carbons (Fsp3) is 0.310. The van der Waals surface area contributed by atoms with E-state index in [-0.39, 0.29) is 29.1 Å². The van der Waals surface area contributed by atoms with Gasteiger partial charge in [-0.25, -0.2) is 12.8 Å². The Balaban J connectivity index is 2.03. The fourth-order valence-corrected chi connectivity index (χ4v) is 5.35. The highest BCUT2D eigenvalue weighted by Gasteiger charge is 2.32. The van der Waals surface area contributed by atoms with Crippen molar-refractivity contribution in [2.24, 2.45) is 0 Å². The molecule has 3 aromatic carbocycles. The number of anilines is 1. The Bertz CT molecular complexity index is 1370. The van der Waals surface area contributed by atoms with Crippen LogP contribution in [0.4, 0.5) is 10.1 Å². The van der Waals surface area contributed by atoms with Crippen molar-refractivity contribution in [3.05, 3.63) is 95.3 Å². The molecule has 0 saturated heterocycles. The van der Waals surface area contributed by atoms with Crippen molar-refractivity contribution in [3.8, 4) is 0 Å². The molecule has 202 valence electrons. The van der Waals surface area contributed by atoms with Gasteiger partial charge >= 0.3 is 0 Å². The Morgan fingerprint density at radius 2 is 1.50 bits per heavy atom. The summed E-state index contributed by atoms with van der Waals surface area (Å²) >= 11 is 0. The maximum atomic E-state index is 13.8. The van der Waals surface area contributed by atoms with Crippen molar-refractivity contribution in [1.82, 2.24) is 10.2 Å². The third-order valence-corrected chi connectivity index (χ3v) is 7.99. The molecule has 0 spiro atoms. The summed E-state index contributed by atoms with van der Waals surface area (Å²) < 4.78 is 42.1. The van der Waals surface area contributed by atoms with Gasteiger partial charge in [0, 0.05) is 12.6 Å². The molecule has 2 amide bonds. The normalized spacial score (nSPS) is 12.2. The third-order valence-electron chi connectivity index (χ3n) is 6.20. The van der Waals surface area contributed by atoms with Gasteiger partial charge in [0.15, 0.2) is 0 Å². The number of carbonyl (C=O) groups excluding carboxylic acids is 2. The van der Waals surface area contributed by atoms with Gasteiger partial charge in [0.1, 0.15) is 18.4 Å². The van der Waals surface area contributed by atoms with Crippen LogP contribution in [-0.4, -0.2) is 43.8 Å². The molecule has 0 unspecified atom stereocenters. The molecule has 0 saturated carbocycles. The van der Waals surface area contributed by atoms with E-state index in [1.54, 1.807) is 19.1 Å². The Morgan fingerprint density at radius 1 is 0.895 bits per heavy atom. The molecule has 0 aliphatic rings. The lowest BCUT2D eigenvalue weighted by Crippen LogP contribution is -2.52. The van der Waals surface area contributed by atoms with Crippen LogP contribution in [0.25, 0.3) is 0 Å². The zero-order chi connectivity index (χ0) is 28.0. The Hall–Kier alpha value is -3.72. The lowest BCUT2D eigenvalue weighted by Gasteiger charge is -2.32. The van der Waals surface area contributed by atoms with Gasteiger partial charge in [0.25, 0.3) is 10.0 Å². The van der Waals surface area contributed by atoms with Crippen LogP contribution in [-0.2, 0) is 26.2 Å². The SMILES string of the molecule is Cc1ccc(S(=O)(=O)N(CC(=O)N(Cc2ccccc2C)[C@@H](C)C(=O)NC(C)C)c2ccc(F)cc2)cc1. The minimum Gasteiger partial charge on any atom is -0.352 e. The summed E-state index contributed by atoms with van der Waals surface area (Å²) in [6, 6.07) is 17.7. The molecule has 0 aliphatic heterocycles. The molecule has 0 bridgehead atoms. The third kappa shape index (κ3) is 6.98. The van der Waals surface area contributed by atoms with Crippen LogP contribution >= 0.6 is 0 Å². The molecule has 0 aliphatic carbocycles. The van der Waals surface area contributed by atoms with Gasteiger partial charge in [0.2, 0.25) is 11.8 Å². The average Bonchev–Trinajstić information content (AvgIpc) is 2.86. The van der Waals surface area contributed by atoms with E-state index < -0.39 is 34.3 Å². The van der Waals surface area contributed by atoms with Crippen molar-refractivity contribution in [1.29, 1.82) is 0 Å². The van der Waals surface area contributed by atoms with E-state index in [9.17, 15) is 22.4 Å². The predicted molar refractivity (Wildman–Crippen MR) is 147 cm³/mol. The van der Waals surface area contributed by atoms with Crippen molar-refractivity contribution in [2.75, 3.05) is 10.8 Å². The van der Waals surface area contributed by atoms with Crippen LogP contribution in [0.2, 0.25) is 0 Å². The first kappa shape index (κ1) is 28.8. The number of benzene rings is 3. The second-order valence-corrected chi connectivity index (χ2v) is 11.5. The monoisotopic (exact) mass is 539 g/mol. The molecule has 3 rings (SSSR count). The standard InChI is InChI=1S/C29H34FN3O4S/c1-20(2)31-29(35)23(5)32(18-24-9-7-6-8-22(24)4)28(34)19-33(26-14-12-25(30)13-15-26)38(36,37)27-16-10-21(3)11-17-27/h6-17,20,23H,18-19H2,1-5H3,(H,31,35)/t23-/m0/s1. The molecule has 9 heteroatoms.